The molecule has 0 aliphatic heterocycles. The maximum atomic E-state index is 5.66. The van der Waals surface area contributed by atoms with Crippen molar-refractivity contribution in [3.63, 3.8) is 0 Å². The van der Waals surface area contributed by atoms with Crippen LogP contribution in [0.5, 0.6) is 0 Å². The smallest absolute Gasteiger partial charge is 0.0824 e. The Balaban J connectivity index is 0.000000606. The summed E-state index contributed by atoms with van der Waals surface area (Å²) in [6, 6.07) is 6.10. The molecule has 0 fully saturated rings. The van der Waals surface area contributed by atoms with Crippen LogP contribution >= 0.6 is 27.5 Å². The van der Waals surface area contributed by atoms with E-state index in [4.69, 9.17) is 11.6 Å². The molecule has 16 heavy (non-hydrogen) atoms. The standard InChI is InChI=1S/C10H10BrClN2.C2H6/c11-9-4-1-3-8-7-13-14(10(8)9)6-2-5-12;1-2/h1,3-4,7H,2,5-6H2;1-2H3. The molecule has 0 saturated carbocycles. The molecule has 0 amide bonds. The van der Waals surface area contributed by atoms with Gasteiger partial charge in [0.2, 0.25) is 0 Å². The van der Waals surface area contributed by atoms with E-state index in [1.54, 1.807) is 0 Å². The topological polar surface area (TPSA) is 17.8 Å². The van der Waals surface area contributed by atoms with Crippen LogP contribution in [-0.2, 0) is 6.54 Å². The third kappa shape index (κ3) is 2.98. The minimum absolute atomic E-state index is 0.672. The summed E-state index contributed by atoms with van der Waals surface area (Å²) >= 11 is 9.18. The van der Waals surface area contributed by atoms with Gasteiger partial charge < -0.3 is 0 Å². The molecule has 0 atom stereocenters. The van der Waals surface area contributed by atoms with Gasteiger partial charge in [0.1, 0.15) is 0 Å². The van der Waals surface area contributed by atoms with Crippen molar-refractivity contribution in [3.05, 3.63) is 28.9 Å². The number of nitrogens with zero attached hydrogens (tertiary/aromatic N) is 2. The third-order valence-electron chi connectivity index (χ3n) is 2.12. The van der Waals surface area contributed by atoms with Crippen molar-refractivity contribution in [3.8, 4) is 0 Å². The fourth-order valence-electron chi connectivity index (χ4n) is 1.48. The fraction of sp³-hybridized carbons (Fsp3) is 0.417. The molecule has 0 aliphatic carbocycles. The predicted molar refractivity (Wildman–Crippen MR) is 74.1 cm³/mol. The summed E-state index contributed by atoms with van der Waals surface area (Å²) in [5.74, 6) is 0.672. The summed E-state index contributed by atoms with van der Waals surface area (Å²) in [4.78, 5) is 0. The first-order valence-corrected chi connectivity index (χ1v) is 6.81. The summed E-state index contributed by atoms with van der Waals surface area (Å²) < 4.78 is 3.07. The van der Waals surface area contributed by atoms with E-state index in [0.29, 0.717) is 5.88 Å². The fourth-order valence-corrected chi connectivity index (χ4v) is 2.18. The highest BCUT2D eigenvalue weighted by molar-refractivity contribution is 9.10. The first kappa shape index (κ1) is 13.5. The van der Waals surface area contributed by atoms with Crippen LogP contribution < -0.4 is 0 Å². The average molecular weight is 304 g/mol. The van der Waals surface area contributed by atoms with Crippen LogP contribution in [0.15, 0.2) is 28.9 Å². The number of hydrogen-bond donors (Lipinski definition) is 0. The number of rotatable bonds is 3. The molecule has 88 valence electrons. The van der Waals surface area contributed by atoms with Crippen LogP contribution in [0.3, 0.4) is 0 Å². The lowest BCUT2D eigenvalue weighted by Gasteiger charge is -2.02. The van der Waals surface area contributed by atoms with E-state index in [1.165, 1.54) is 0 Å². The number of aryl methyl sites for hydroxylation is 1. The Morgan fingerprint density at radius 1 is 1.38 bits per heavy atom. The summed E-state index contributed by atoms with van der Waals surface area (Å²) in [5, 5.41) is 5.48. The zero-order valence-electron chi connectivity index (χ0n) is 9.58. The van der Waals surface area contributed by atoms with Crippen molar-refractivity contribution >= 4 is 38.4 Å². The van der Waals surface area contributed by atoms with Crippen LogP contribution in [-0.4, -0.2) is 15.7 Å². The highest BCUT2D eigenvalue weighted by Gasteiger charge is 2.04. The van der Waals surface area contributed by atoms with Gasteiger partial charge in [0.05, 0.1) is 11.7 Å². The number of benzene rings is 1. The lowest BCUT2D eigenvalue weighted by Crippen LogP contribution is -2.00. The van der Waals surface area contributed by atoms with Gasteiger partial charge in [0.15, 0.2) is 0 Å². The van der Waals surface area contributed by atoms with Crippen LogP contribution in [0.25, 0.3) is 10.9 Å². The van der Waals surface area contributed by atoms with Gasteiger partial charge >= 0.3 is 0 Å². The lowest BCUT2D eigenvalue weighted by atomic mass is 10.2. The number of halogens is 2. The summed E-state index contributed by atoms with van der Waals surface area (Å²) in [6.45, 7) is 4.87. The second-order valence-corrected chi connectivity index (χ2v) is 4.32. The molecule has 0 spiro atoms. The maximum Gasteiger partial charge on any atom is 0.0824 e. The monoisotopic (exact) mass is 302 g/mol. The third-order valence-corrected chi connectivity index (χ3v) is 3.02. The Morgan fingerprint density at radius 2 is 2.12 bits per heavy atom. The van der Waals surface area contributed by atoms with Crippen molar-refractivity contribution in [1.29, 1.82) is 0 Å². The Bertz CT molecular complexity index is 440. The number of fused-ring (bicyclic) bond motifs is 1. The molecule has 0 radical (unpaired) electrons. The zero-order chi connectivity index (χ0) is 12.0. The molecule has 0 aliphatic rings. The molecule has 0 N–H and O–H groups in total. The van der Waals surface area contributed by atoms with Crippen LogP contribution in [0.2, 0.25) is 0 Å². The molecular weight excluding hydrogens is 288 g/mol. The zero-order valence-corrected chi connectivity index (χ0v) is 11.9. The first-order chi connectivity index (χ1) is 7.83. The average Bonchev–Trinajstić information content (AvgIpc) is 2.74. The Kier molecular flexibility index (Phi) is 5.85. The van der Waals surface area contributed by atoms with Gasteiger partial charge in [-0.3, -0.25) is 4.68 Å². The van der Waals surface area contributed by atoms with Crippen LogP contribution in [0.4, 0.5) is 0 Å². The molecular formula is C12H16BrClN2. The van der Waals surface area contributed by atoms with Crippen molar-refractivity contribution in [2.45, 2.75) is 26.8 Å². The molecule has 2 aromatic rings. The Morgan fingerprint density at radius 3 is 2.81 bits per heavy atom. The number of aromatic nitrogens is 2. The van der Waals surface area contributed by atoms with Gasteiger partial charge in [-0.1, -0.05) is 26.0 Å². The number of alkyl halides is 1. The molecule has 1 heterocycles. The summed E-state index contributed by atoms with van der Waals surface area (Å²) in [7, 11) is 0. The highest BCUT2D eigenvalue weighted by atomic mass is 79.9. The second kappa shape index (κ2) is 6.92. The predicted octanol–water partition coefficient (Wildman–Crippen LogP) is 4.45. The van der Waals surface area contributed by atoms with Gasteiger partial charge in [-0.25, -0.2) is 0 Å². The Labute approximate surface area is 110 Å². The number of hydrogen-bond acceptors (Lipinski definition) is 1. The van der Waals surface area contributed by atoms with E-state index < -0.39 is 0 Å². The summed E-state index contributed by atoms with van der Waals surface area (Å²) in [5.41, 5.74) is 1.15. The largest absolute Gasteiger partial charge is 0.264 e. The second-order valence-electron chi connectivity index (χ2n) is 3.09. The van der Waals surface area contributed by atoms with E-state index >= 15 is 0 Å². The molecule has 0 saturated heterocycles. The van der Waals surface area contributed by atoms with Gasteiger partial charge in [-0.2, -0.15) is 5.10 Å². The van der Waals surface area contributed by atoms with Crippen molar-refractivity contribution in [1.82, 2.24) is 9.78 Å². The van der Waals surface area contributed by atoms with Crippen LogP contribution in [0.1, 0.15) is 20.3 Å². The van der Waals surface area contributed by atoms with Crippen molar-refractivity contribution < 1.29 is 0 Å². The quantitative estimate of drug-likeness (QED) is 0.766. The lowest BCUT2D eigenvalue weighted by molar-refractivity contribution is 0.624. The molecule has 0 unspecified atom stereocenters. The minimum atomic E-state index is 0.672. The molecule has 1 aromatic heterocycles. The van der Waals surface area contributed by atoms with Crippen molar-refractivity contribution in [2.24, 2.45) is 0 Å². The van der Waals surface area contributed by atoms with E-state index in [2.05, 4.69) is 27.1 Å². The SMILES string of the molecule is CC.ClCCCn1ncc2cccc(Br)c21. The molecule has 4 heteroatoms. The van der Waals surface area contributed by atoms with Gasteiger partial charge in [-0.05, 0) is 28.4 Å². The van der Waals surface area contributed by atoms with Crippen LogP contribution in [0, 0.1) is 0 Å². The Hall–Kier alpha value is -0.540. The normalized spacial score (nSPS) is 10.0. The van der Waals surface area contributed by atoms with Gasteiger partial charge in [0.25, 0.3) is 0 Å². The van der Waals surface area contributed by atoms with E-state index in [9.17, 15) is 0 Å². The van der Waals surface area contributed by atoms with Gasteiger partial charge in [-0.15, -0.1) is 11.6 Å². The van der Waals surface area contributed by atoms with Crippen molar-refractivity contribution in [2.75, 3.05) is 5.88 Å². The van der Waals surface area contributed by atoms with E-state index in [0.717, 1.165) is 28.3 Å². The molecule has 1 aromatic carbocycles. The first-order valence-electron chi connectivity index (χ1n) is 5.49. The molecule has 2 rings (SSSR count). The molecule has 2 nitrogen and oxygen atoms in total. The maximum absolute atomic E-state index is 5.66. The number of para-hydroxylation sites is 1. The molecule has 0 bridgehead atoms. The minimum Gasteiger partial charge on any atom is -0.264 e. The van der Waals surface area contributed by atoms with Gasteiger partial charge in [0, 0.05) is 22.3 Å². The summed E-state index contributed by atoms with van der Waals surface area (Å²) in [6.07, 6.45) is 2.83. The van der Waals surface area contributed by atoms with E-state index in [-0.39, 0.29) is 0 Å². The highest BCUT2D eigenvalue weighted by Crippen LogP contribution is 2.23. The van der Waals surface area contributed by atoms with E-state index in [1.807, 2.05) is 36.9 Å².